The molecule has 0 spiro atoms. The van der Waals surface area contributed by atoms with Crippen LogP contribution in [-0.2, 0) is 6.54 Å². The normalized spacial score (nSPS) is 11.1. The van der Waals surface area contributed by atoms with E-state index in [0.29, 0.717) is 0 Å². The second-order valence-corrected chi connectivity index (χ2v) is 7.96. The highest BCUT2D eigenvalue weighted by atomic mass is 16.5. The molecule has 0 N–H and O–H groups in total. The van der Waals surface area contributed by atoms with Gasteiger partial charge in [0, 0.05) is 12.1 Å². The van der Waals surface area contributed by atoms with Gasteiger partial charge in [0.25, 0.3) is 0 Å². The molecule has 5 aromatic rings. The number of hydrogen-bond donors (Lipinski definition) is 0. The van der Waals surface area contributed by atoms with Gasteiger partial charge >= 0.3 is 0 Å². The third-order valence-electron chi connectivity index (χ3n) is 5.89. The Labute approximate surface area is 188 Å². The summed E-state index contributed by atoms with van der Waals surface area (Å²) in [6.45, 7) is 3.17. The predicted molar refractivity (Wildman–Crippen MR) is 133 cm³/mol. The maximum Gasteiger partial charge on any atom is 0.141 e. The van der Waals surface area contributed by atoms with Gasteiger partial charge in [-0.2, -0.15) is 0 Å². The zero-order valence-electron chi connectivity index (χ0n) is 18.5. The molecule has 0 aliphatic heterocycles. The molecule has 32 heavy (non-hydrogen) atoms. The molecular formula is C29H26N2O. The van der Waals surface area contributed by atoms with Crippen LogP contribution in [0.4, 0.5) is 0 Å². The average molecular weight is 419 g/mol. The van der Waals surface area contributed by atoms with E-state index < -0.39 is 0 Å². The third-order valence-corrected chi connectivity index (χ3v) is 5.89. The lowest BCUT2D eigenvalue weighted by Crippen LogP contribution is -1.99. The molecule has 0 atom stereocenters. The van der Waals surface area contributed by atoms with Crippen molar-refractivity contribution >= 4 is 11.0 Å². The van der Waals surface area contributed by atoms with Crippen molar-refractivity contribution in [3.05, 3.63) is 97.1 Å². The van der Waals surface area contributed by atoms with Crippen LogP contribution in [0.1, 0.15) is 13.3 Å². The largest absolute Gasteiger partial charge is 0.497 e. The van der Waals surface area contributed by atoms with E-state index in [1.165, 1.54) is 27.8 Å². The van der Waals surface area contributed by atoms with E-state index in [1.54, 1.807) is 7.11 Å². The van der Waals surface area contributed by atoms with Gasteiger partial charge in [-0.25, -0.2) is 4.98 Å². The Kier molecular flexibility index (Phi) is 5.47. The lowest BCUT2D eigenvalue weighted by atomic mass is 9.99. The first-order valence-corrected chi connectivity index (χ1v) is 11.1. The molecule has 0 amide bonds. The molecule has 0 saturated carbocycles. The number of fused-ring (bicyclic) bond motifs is 1. The van der Waals surface area contributed by atoms with E-state index in [9.17, 15) is 0 Å². The number of rotatable bonds is 6. The number of benzene rings is 4. The molecule has 3 nitrogen and oxygen atoms in total. The quantitative estimate of drug-likeness (QED) is 0.286. The molecule has 4 aromatic carbocycles. The molecule has 0 fully saturated rings. The highest BCUT2D eigenvalue weighted by Crippen LogP contribution is 2.29. The number of methoxy groups -OCH3 is 1. The number of aryl methyl sites for hydroxylation is 1. The SMILES string of the molecule is CCCn1c(-c2ccc(-c3ccc(-c4ccc(OC)cc4)cc3)cc2)nc2ccccc21. The predicted octanol–water partition coefficient (Wildman–Crippen LogP) is 7.46. The van der Waals surface area contributed by atoms with Crippen LogP contribution in [0, 0.1) is 0 Å². The second-order valence-electron chi connectivity index (χ2n) is 7.96. The fourth-order valence-corrected chi connectivity index (χ4v) is 4.20. The average Bonchev–Trinajstić information content (AvgIpc) is 3.23. The smallest absolute Gasteiger partial charge is 0.141 e. The Morgan fingerprint density at radius 1 is 0.656 bits per heavy atom. The van der Waals surface area contributed by atoms with E-state index in [0.717, 1.165) is 35.6 Å². The van der Waals surface area contributed by atoms with Crippen LogP contribution in [0.15, 0.2) is 97.1 Å². The number of imidazole rings is 1. The van der Waals surface area contributed by atoms with Gasteiger partial charge in [-0.3, -0.25) is 0 Å². The fourth-order valence-electron chi connectivity index (χ4n) is 4.20. The zero-order valence-corrected chi connectivity index (χ0v) is 18.5. The van der Waals surface area contributed by atoms with Crippen molar-refractivity contribution in [3.63, 3.8) is 0 Å². The van der Waals surface area contributed by atoms with Crippen LogP contribution in [-0.4, -0.2) is 16.7 Å². The van der Waals surface area contributed by atoms with Crippen molar-refractivity contribution in [1.82, 2.24) is 9.55 Å². The summed E-state index contributed by atoms with van der Waals surface area (Å²) in [5.74, 6) is 1.91. The Balaban J connectivity index is 1.42. The van der Waals surface area contributed by atoms with Gasteiger partial charge in [-0.1, -0.05) is 79.7 Å². The first-order chi connectivity index (χ1) is 15.8. The van der Waals surface area contributed by atoms with Crippen molar-refractivity contribution in [2.24, 2.45) is 0 Å². The lowest BCUT2D eigenvalue weighted by molar-refractivity contribution is 0.415. The Bertz CT molecular complexity index is 1330. The minimum absolute atomic E-state index is 0.873. The van der Waals surface area contributed by atoms with Crippen LogP contribution in [0.2, 0.25) is 0 Å². The molecule has 1 heterocycles. The zero-order chi connectivity index (χ0) is 21.9. The van der Waals surface area contributed by atoms with Crippen LogP contribution in [0.25, 0.3) is 44.7 Å². The number of nitrogens with zero attached hydrogens (tertiary/aromatic N) is 2. The Morgan fingerprint density at radius 2 is 1.16 bits per heavy atom. The Hall–Kier alpha value is -3.85. The molecule has 0 bridgehead atoms. The van der Waals surface area contributed by atoms with E-state index in [1.807, 2.05) is 18.2 Å². The van der Waals surface area contributed by atoms with Gasteiger partial charge in [0.05, 0.1) is 18.1 Å². The van der Waals surface area contributed by atoms with E-state index in [4.69, 9.17) is 9.72 Å². The van der Waals surface area contributed by atoms with Crippen molar-refractivity contribution in [3.8, 4) is 39.4 Å². The summed E-state index contributed by atoms with van der Waals surface area (Å²) >= 11 is 0. The highest BCUT2D eigenvalue weighted by Gasteiger charge is 2.12. The number of hydrogen-bond acceptors (Lipinski definition) is 2. The van der Waals surface area contributed by atoms with Crippen molar-refractivity contribution < 1.29 is 4.74 Å². The van der Waals surface area contributed by atoms with Crippen molar-refractivity contribution in [2.75, 3.05) is 7.11 Å². The summed E-state index contributed by atoms with van der Waals surface area (Å²) < 4.78 is 7.58. The van der Waals surface area contributed by atoms with Crippen LogP contribution >= 0.6 is 0 Å². The summed E-state index contributed by atoms with van der Waals surface area (Å²) in [7, 11) is 1.69. The lowest BCUT2D eigenvalue weighted by Gasteiger charge is -2.09. The van der Waals surface area contributed by atoms with Crippen LogP contribution < -0.4 is 4.74 Å². The number of ether oxygens (including phenoxy) is 1. The first-order valence-electron chi connectivity index (χ1n) is 11.1. The van der Waals surface area contributed by atoms with Gasteiger partial charge in [-0.05, 0) is 52.9 Å². The van der Waals surface area contributed by atoms with E-state index >= 15 is 0 Å². The molecular weight excluding hydrogens is 392 g/mol. The molecule has 0 radical (unpaired) electrons. The summed E-state index contributed by atoms with van der Waals surface area (Å²) in [5, 5.41) is 0. The minimum atomic E-state index is 0.873. The van der Waals surface area contributed by atoms with Gasteiger partial charge < -0.3 is 9.30 Å². The fraction of sp³-hybridized carbons (Fsp3) is 0.138. The molecule has 5 rings (SSSR count). The van der Waals surface area contributed by atoms with E-state index in [2.05, 4.69) is 90.4 Å². The van der Waals surface area contributed by atoms with Gasteiger partial charge in [-0.15, -0.1) is 0 Å². The van der Waals surface area contributed by atoms with Gasteiger partial charge in [0.15, 0.2) is 0 Å². The summed E-state index contributed by atoms with van der Waals surface area (Å²) in [5.41, 5.74) is 8.18. The van der Waals surface area contributed by atoms with Crippen LogP contribution in [0.5, 0.6) is 5.75 Å². The van der Waals surface area contributed by atoms with Gasteiger partial charge in [0.1, 0.15) is 11.6 Å². The molecule has 1 aromatic heterocycles. The highest BCUT2D eigenvalue weighted by molar-refractivity contribution is 5.81. The third kappa shape index (κ3) is 3.78. The molecule has 0 aliphatic rings. The van der Waals surface area contributed by atoms with Crippen molar-refractivity contribution in [1.29, 1.82) is 0 Å². The second kappa shape index (κ2) is 8.72. The maximum atomic E-state index is 5.26. The molecule has 0 aliphatic carbocycles. The number of para-hydroxylation sites is 2. The molecule has 0 unspecified atom stereocenters. The Morgan fingerprint density at radius 3 is 1.69 bits per heavy atom. The van der Waals surface area contributed by atoms with Gasteiger partial charge in [0.2, 0.25) is 0 Å². The van der Waals surface area contributed by atoms with Crippen LogP contribution in [0.3, 0.4) is 0 Å². The van der Waals surface area contributed by atoms with E-state index in [-0.39, 0.29) is 0 Å². The standard InChI is InChI=1S/C29H26N2O/c1-3-20-31-28-7-5-4-6-27(28)30-29(31)25-14-12-23(13-15-25)21-8-10-22(11-9-21)24-16-18-26(32-2)19-17-24/h4-19H,3,20H2,1-2H3. The topological polar surface area (TPSA) is 27.1 Å². The van der Waals surface area contributed by atoms with Crippen molar-refractivity contribution in [2.45, 2.75) is 19.9 Å². The summed E-state index contributed by atoms with van der Waals surface area (Å²) in [6, 6.07) is 34.0. The minimum Gasteiger partial charge on any atom is -0.497 e. The monoisotopic (exact) mass is 418 g/mol. The molecule has 0 saturated heterocycles. The maximum absolute atomic E-state index is 5.26. The summed E-state index contributed by atoms with van der Waals surface area (Å²) in [6.07, 6.45) is 1.08. The first kappa shape index (κ1) is 20.1. The molecule has 3 heteroatoms. The summed E-state index contributed by atoms with van der Waals surface area (Å²) in [4.78, 5) is 4.92. The number of aromatic nitrogens is 2. The molecule has 158 valence electrons.